The maximum absolute atomic E-state index is 11.1. The lowest BCUT2D eigenvalue weighted by Gasteiger charge is -2.08. The highest BCUT2D eigenvalue weighted by molar-refractivity contribution is 9.10. The van der Waals surface area contributed by atoms with Gasteiger partial charge in [0.2, 0.25) is 0 Å². The van der Waals surface area contributed by atoms with Crippen molar-refractivity contribution in [2.45, 2.75) is 11.8 Å². The van der Waals surface area contributed by atoms with Gasteiger partial charge in [0, 0.05) is 19.8 Å². The minimum Gasteiger partial charge on any atom is -0.468 e. The Balaban J connectivity index is 2.50. The number of carbonyl (C=O) groups excluding carboxylic acids is 1. The fourth-order valence-electron chi connectivity index (χ4n) is 1.18. The van der Waals surface area contributed by atoms with Crippen LogP contribution in [0.1, 0.15) is 5.69 Å². The summed E-state index contributed by atoms with van der Waals surface area (Å²) in [6.45, 7) is 2.38. The van der Waals surface area contributed by atoms with Gasteiger partial charge in [-0.2, -0.15) is 5.10 Å². The number of rotatable bonds is 4. The molecule has 0 aliphatic heterocycles. The quantitative estimate of drug-likeness (QED) is 0.660. The van der Waals surface area contributed by atoms with Gasteiger partial charge in [-0.25, -0.2) is 0 Å². The van der Waals surface area contributed by atoms with Gasteiger partial charge in [0.15, 0.2) is 0 Å². The Hall–Kier alpha value is -1.04. The molecule has 1 unspecified atom stereocenters. The number of anilines is 1. The molecule has 0 aliphatic rings. The highest BCUT2D eigenvalue weighted by atomic mass is 79.9. The van der Waals surface area contributed by atoms with Gasteiger partial charge in [0.25, 0.3) is 0 Å². The van der Waals surface area contributed by atoms with Crippen molar-refractivity contribution in [2.24, 2.45) is 7.05 Å². The maximum atomic E-state index is 11.1. The second-order valence-electron chi connectivity index (χ2n) is 3.17. The summed E-state index contributed by atoms with van der Waals surface area (Å²) in [5.74, 6) is -0.288. The third-order valence-corrected chi connectivity index (χ3v) is 2.64. The lowest BCUT2D eigenvalue weighted by atomic mass is 10.3. The van der Waals surface area contributed by atoms with E-state index in [2.05, 4.69) is 31.1 Å². The zero-order valence-corrected chi connectivity index (χ0v) is 10.5. The van der Waals surface area contributed by atoms with Gasteiger partial charge < -0.3 is 10.1 Å². The van der Waals surface area contributed by atoms with Crippen LogP contribution in [0, 0.1) is 6.92 Å². The van der Waals surface area contributed by atoms with Crippen LogP contribution in [0.3, 0.4) is 0 Å². The van der Waals surface area contributed by atoms with E-state index in [9.17, 15) is 4.79 Å². The van der Waals surface area contributed by atoms with Crippen molar-refractivity contribution in [1.29, 1.82) is 0 Å². The van der Waals surface area contributed by atoms with E-state index in [-0.39, 0.29) is 10.8 Å². The fourth-order valence-corrected chi connectivity index (χ4v) is 1.53. The number of nitrogens with zero attached hydrogens (tertiary/aromatic N) is 2. The monoisotopic (exact) mass is 275 g/mol. The van der Waals surface area contributed by atoms with Gasteiger partial charge in [-0.3, -0.25) is 9.48 Å². The lowest BCUT2D eigenvalue weighted by Crippen LogP contribution is -2.24. The van der Waals surface area contributed by atoms with Crippen LogP contribution < -0.4 is 5.32 Å². The number of nitrogens with one attached hydrogen (secondary N) is 1. The molecule has 1 rings (SSSR count). The minimum atomic E-state index is -0.345. The molecule has 0 fully saturated rings. The zero-order valence-electron chi connectivity index (χ0n) is 8.95. The predicted molar refractivity (Wildman–Crippen MR) is 61.2 cm³/mol. The first kappa shape index (κ1) is 12.0. The van der Waals surface area contributed by atoms with E-state index >= 15 is 0 Å². The Labute approximate surface area is 96.9 Å². The number of alkyl halides is 1. The molecular weight excluding hydrogens is 262 g/mol. The highest BCUT2D eigenvalue weighted by Gasteiger charge is 2.15. The first-order valence-electron chi connectivity index (χ1n) is 4.50. The Bertz CT molecular complexity index is 351. The number of ether oxygens (including phenoxy) is 1. The number of aryl methyl sites for hydroxylation is 2. The molecule has 84 valence electrons. The summed E-state index contributed by atoms with van der Waals surface area (Å²) in [5, 5.41) is 7.29. The van der Waals surface area contributed by atoms with E-state index in [1.807, 2.05) is 20.2 Å². The smallest absolute Gasteiger partial charge is 0.321 e. The normalized spacial score (nSPS) is 12.3. The standard InChI is InChI=1S/C9H14BrN3O2/c1-6-8(5-13(2)12-6)11-4-7(10)9(14)15-3/h5,7,11H,4H2,1-3H3. The lowest BCUT2D eigenvalue weighted by molar-refractivity contribution is -0.139. The van der Waals surface area contributed by atoms with Gasteiger partial charge in [-0.15, -0.1) is 0 Å². The van der Waals surface area contributed by atoms with Crippen LogP contribution >= 0.6 is 15.9 Å². The van der Waals surface area contributed by atoms with Gasteiger partial charge in [0.1, 0.15) is 4.83 Å². The van der Waals surface area contributed by atoms with Crippen LogP contribution in [-0.4, -0.2) is 34.2 Å². The molecular formula is C9H14BrN3O2. The summed E-state index contributed by atoms with van der Waals surface area (Å²) in [4.78, 5) is 10.7. The van der Waals surface area contributed by atoms with Crippen LogP contribution in [-0.2, 0) is 16.6 Å². The van der Waals surface area contributed by atoms with Gasteiger partial charge in [-0.05, 0) is 6.92 Å². The summed E-state index contributed by atoms with van der Waals surface area (Å²) in [6.07, 6.45) is 1.87. The molecule has 5 nitrogen and oxygen atoms in total. The third-order valence-electron chi connectivity index (χ3n) is 1.94. The second-order valence-corrected chi connectivity index (χ2v) is 4.28. The molecule has 0 saturated carbocycles. The number of halogens is 1. The Morgan fingerprint density at radius 1 is 1.80 bits per heavy atom. The second kappa shape index (κ2) is 5.16. The number of aromatic nitrogens is 2. The Kier molecular flexibility index (Phi) is 4.14. The topological polar surface area (TPSA) is 56.1 Å². The molecule has 1 atom stereocenters. The number of carbonyl (C=O) groups is 1. The number of esters is 1. The van der Waals surface area contributed by atoms with E-state index < -0.39 is 0 Å². The Morgan fingerprint density at radius 3 is 2.93 bits per heavy atom. The predicted octanol–water partition coefficient (Wildman–Crippen LogP) is 1.08. The molecule has 1 aromatic rings. The largest absolute Gasteiger partial charge is 0.468 e. The number of hydrogen-bond donors (Lipinski definition) is 1. The SMILES string of the molecule is COC(=O)C(Br)CNc1cn(C)nc1C. The van der Waals surface area contributed by atoms with Crippen molar-refractivity contribution in [2.75, 3.05) is 19.0 Å². The first-order valence-corrected chi connectivity index (χ1v) is 5.42. The van der Waals surface area contributed by atoms with Crippen molar-refractivity contribution >= 4 is 27.6 Å². The molecule has 0 spiro atoms. The summed E-state index contributed by atoms with van der Waals surface area (Å²) in [7, 11) is 3.22. The Morgan fingerprint density at radius 2 is 2.47 bits per heavy atom. The molecule has 15 heavy (non-hydrogen) atoms. The van der Waals surface area contributed by atoms with E-state index in [4.69, 9.17) is 0 Å². The molecule has 0 bridgehead atoms. The minimum absolute atomic E-state index is 0.288. The zero-order chi connectivity index (χ0) is 11.4. The van der Waals surface area contributed by atoms with Crippen LogP contribution in [0.25, 0.3) is 0 Å². The number of hydrogen-bond acceptors (Lipinski definition) is 4. The maximum Gasteiger partial charge on any atom is 0.321 e. The van der Waals surface area contributed by atoms with E-state index in [1.165, 1.54) is 7.11 Å². The summed E-state index contributed by atoms with van der Waals surface area (Å²) in [5.41, 5.74) is 1.83. The van der Waals surface area contributed by atoms with Gasteiger partial charge in [-0.1, -0.05) is 15.9 Å². The average Bonchev–Trinajstić information content (AvgIpc) is 2.52. The molecule has 1 heterocycles. The van der Waals surface area contributed by atoms with Gasteiger partial charge in [0.05, 0.1) is 18.5 Å². The van der Waals surface area contributed by atoms with Crippen LogP contribution in [0.5, 0.6) is 0 Å². The van der Waals surface area contributed by atoms with Crippen molar-refractivity contribution < 1.29 is 9.53 Å². The van der Waals surface area contributed by atoms with Gasteiger partial charge >= 0.3 is 5.97 Å². The van der Waals surface area contributed by atoms with E-state index in [0.717, 1.165) is 11.4 Å². The molecule has 0 radical (unpaired) electrons. The molecule has 0 amide bonds. The van der Waals surface area contributed by atoms with Crippen LogP contribution in [0.15, 0.2) is 6.20 Å². The van der Waals surface area contributed by atoms with E-state index in [1.54, 1.807) is 4.68 Å². The first-order chi connectivity index (χ1) is 7.04. The molecule has 6 heteroatoms. The van der Waals surface area contributed by atoms with Crippen molar-refractivity contribution in [3.63, 3.8) is 0 Å². The summed E-state index contributed by atoms with van der Waals surface area (Å²) < 4.78 is 6.31. The molecule has 0 aliphatic carbocycles. The van der Waals surface area contributed by atoms with Crippen LogP contribution in [0.4, 0.5) is 5.69 Å². The average molecular weight is 276 g/mol. The molecule has 0 saturated heterocycles. The highest BCUT2D eigenvalue weighted by Crippen LogP contribution is 2.12. The van der Waals surface area contributed by atoms with E-state index in [0.29, 0.717) is 6.54 Å². The van der Waals surface area contributed by atoms with Crippen LogP contribution in [0.2, 0.25) is 0 Å². The van der Waals surface area contributed by atoms with Crippen molar-refractivity contribution in [1.82, 2.24) is 9.78 Å². The van der Waals surface area contributed by atoms with Crippen molar-refractivity contribution in [3.8, 4) is 0 Å². The third kappa shape index (κ3) is 3.23. The fraction of sp³-hybridized carbons (Fsp3) is 0.556. The summed E-state index contributed by atoms with van der Waals surface area (Å²) >= 11 is 3.23. The molecule has 1 aromatic heterocycles. The number of methoxy groups -OCH3 is 1. The molecule has 0 aromatic carbocycles. The molecule has 1 N–H and O–H groups in total. The summed E-state index contributed by atoms with van der Waals surface area (Å²) in [6, 6.07) is 0. The van der Waals surface area contributed by atoms with Crippen molar-refractivity contribution in [3.05, 3.63) is 11.9 Å².